The Hall–Kier alpha value is -2.11. The van der Waals surface area contributed by atoms with Gasteiger partial charge in [0, 0.05) is 17.5 Å². The van der Waals surface area contributed by atoms with Crippen molar-refractivity contribution < 1.29 is 13.2 Å². The number of aromatic nitrogens is 2. The van der Waals surface area contributed by atoms with E-state index in [-0.39, 0.29) is 17.1 Å². The number of benzene rings is 1. The second-order valence-electron chi connectivity index (χ2n) is 4.40. The van der Waals surface area contributed by atoms with Gasteiger partial charge in [0.05, 0.1) is 11.3 Å². The maximum atomic E-state index is 13.1. The van der Waals surface area contributed by atoms with E-state index >= 15 is 0 Å². The minimum Gasteiger partial charge on any atom is -0.383 e. The maximum Gasteiger partial charge on any atom is 0.417 e. The van der Waals surface area contributed by atoms with E-state index in [1.54, 1.807) is 13.0 Å². The normalized spacial score (nSPS) is 11.7. The van der Waals surface area contributed by atoms with E-state index in [0.29, 0.717) is 17.8 Å². The summed E-state index contributed by atoms with van der Waals surface area (Å²) in [6, 6.07) is 5.34. The predicted octanol–water partition coefficient (Wildman–Crippen LogP) is 3.62. The second kappa shape index (κ2) is 5.11. The van der Waals surface area contributed by atoms with Crippen molar-refractivity contribution in [3.63, 3.8) is 0 Å². The zero-order chi connectivity index (χ0) is 14.9. The number of aryl methyl sites for hydroxylation is 1. The predicted molar refractivity (Wildman–Crippen MR) is 71.0 cm³/mol. The Bertz CT molecular complexity index is 636. The van der Waals surface area contributed by atoms with E-state index in [2.05, 4.69) is 9.97 Å². The molecular weight excluding hydrogens is 267 g/mol. The van der Waals surface area contributed by atoms with Gasteiger partial charge < -0.3 is 5.73 Å². The number of hydrogen-bond acceptors (Lipinski definition) is 3. The summed E-state index contributed by atoms with van der Waals surface area (Å²) >= 11 is 0. The van der Waals surface area contributed by atoms with Gasteiger partial charge in [0.1, 0.15) is 11.6 Å². The van der Waals surface area contributed by atoms with E-state index in [1.165, 1.54) is 12.1 Å². The van der Waals surface area contributed by atoms with Crippen LogP contribution in [-0.4, -0.2) is 9.97 Å². The summed E-state index contributed by atoms with van der Waals surface area (Å²) in [5, 5.41) is 0. The Morgan fingerprint density at radius 1 is 1.15 bits per heavy atom. The van der Waals surface area contributed by atoms with E-state index in [1.807, 2.05) is 6.92 Å². The molecule has 20 heavy (non-hydrogen) atoms. The molecule has 0 atom stereocenters. The molecular formula is C14H14F3N3. The van der Waals surface area contributed by atoms with Gasteiger partial charge in [-0.2, -0.15) is 13.2 Å². The van der Waals surface area contributed by atoms with Crippen molar-refractivity contribution in [2.75, 3.05) is 5.73 Å². The second-order valence-corrected chi connectivity index (χ2v) is 4.40. The van der Waals surface area contributed by atoms with Crippen molar-refractivity contribution in [2.24, 2.45) is 0 Å². The standard InChI is InChI=1S/C14H14F3N3/c1-3-11-19-12(8(2)13(18)20-11)9-6-4-5-7-10(9)14(15,16)17/h4-7H,3H2,1-2H3,(H2,18,19,20). The summed E-state index contributed by atoms with van der Waals surface area (Å²) in [7, 11) is 0. The molecule has 3 nitrogen and oxygen atoms in total. The van der Waals surface area contributed by atoms with Gasteiger partial charge in [0.15, 0.2) is 0 Å². The molecule has 1 aromatic carbocycles. The topological polar surface area (TPSA) is 51.8 Å². The number of hydrogen-bond donors (Lipinski definition) is 1. The van der Waals surface area contributed by atoms with Gasteiger partial charge in [0.25, 0.3) is 0 Å². The fourth-order valence-electron chi connectivity index (χ4n) is 1.94. The first-order valence-electron chi connectivity index (χ1n) is 6.14. The number of nitrogens with zero attached hydrogens (tertiary/aromatic N) is 2. The van der Waals surface area contributed by atoms with Crippen LogP contribution in [0.15, 0.2) is 24.3 Å². The summed E-state index contributed by atoms with van der Waals surface area (Å²) in [4.78, 5) is 8.26. The van der Waals surface area contributed by atoms with E-state index in [9.17, 15) is 13.2 Å². The highest BCUT2D eigenvalue weighted by Gasteiger charge is 2.34. The molecule has 0 bridgehead atoms. The Morgan fingerprint density at radius 2 is 1.80 bits per heavy atom. The molecule has 2 aromatic rings. The average Bonchev–Trinajstić information content (AvgIpc) is 2.40. The lowest BCUT2D eigenvalue weighted by Crippen LogP contribution is -2.10. The van der Waals surface area contributed by atoms with Gasteiger partial charge in [-0.25, -0.2) is 9.97 Å². The lowest BCUT2D eigenvalue weighted by atomic mass is 10.0. The minimum absolute atomic E-state index is 0.0290. The molecule has 0 saturated heterocycles. The Labute approximate surface area is 114 Å². The smallest absolute Gasteiger partial charge is 0.383 e. The van der Waals surface area contributed by atoms with Crippen molar-refractivity contribution in [1.29, 1.82) is 0 Å². The third-order valence-electron chi connectivity index (χ3n) is 3.03. The molecule has 0 aliphatic rings. The lowest BCUT2D eigenvalue weighted by molar-refractivity contribution is -0.137. The van der Waals surface area contributed by atoms with Crippen LogP contribution in [0.4, 0.5) is 19.0 Å². The SMILES string of the molecule is CCc1nc(N)c(C)c(-c2ccccc2C(F)(F)F)n1. The number of nitrogen functional groups attached to an aromatic ring is 1. The maximum absolute atomic E-state index is 13.1. The first-order chi connectivity index (χ1) is 9.34. The molecule has 6 heteroatoms. The van der Waals surface area contributed by atoms with Crippen LogP contribution in [-0.2, 0) is 12.6 Å². The zero-order valence-corrected chi connectivity index (χ0v) is 11.1. The van der Waals surface area contributed by atoms with Crippen LogP contribution in [0.25, 0.3) is 11.3 Å². The van der Waals surface area contributed by atoms with Crippen molar-refractivity contribution in [2.45, 2.75) is 26.4 Å². The quantitative estimate of drug-likeness (QED) is 0.914. The summed E-state index contributed by atoms with van der Waals surface area (Å²) in [6.07, 6.45) is -3.93. The zero-order valence-electron chi connectivity index (χ0n) is 11.1. The van der Waals surface area contributed by atoms with Crippen molar-refractivity contribution in [3.05, 3.63) is 41.2 Å². The largest absolute Gasteiger partial charge is 0.417 e. The van der Waals surface area contributed by atoms with Gasteiger partial charge >= 0.3 is 6.18 Å². The molecule has 0 aliphatic heterocycles. The molecule has 0 fully saturated rings. The first kappa shape index (κ1) is 14.3. The van der Waals surface area contributed by atoms with Gasteiger partial charge in [-0.3, -0.25) is 0 Å². The van der Waals surface area contributed by atoms with Gasteiger partial charge in [-0.15, -0.1) is 0 Å². The average molecular weight is 281 g/mol. The van der Waals surface area contributed by atoms with Crippen molar-refractivity contribution >= 4 is 5.82 Å². The number of rotatable bonds is 2. The summed E-state index contributed by atoms with van der Waals surface area (Å²) in [6.45, 7) is 3.45. The molecule has 0 unspecified atom stereocenters. The monoisotopic (exact) mass is 281 g/mol. The highest BCUT2D eigenvalue weighted by molar-refractivity contribution is 5.70. The number of nitrogens with two attached hydrogens (primary N) is 1. The highest BCUT2D eigenvalue weighted by Crippen LogP contribution is 2.37. The Morgan fingerprint density at radius 3 is 2.40 bits per heavy atom. The first-order valence-corrected chi connectivity index (χ1v) is 6.14. The van der Waals surface area contributed by atoms with E-state index in [0.717, 1.165) is 6.07 Å². The molecule has 0 spiro atoms. The van der Waals surface area contributed by atoms with Crippen molar-refractivity contribution in [3.8, 4) is 11.3 Å². The van der Waals surface area contributed by atoms with Gasteiger partial charge in [0.2, 0.25) is 0 Å². The third kappa shape index (κ3) is 2.59. The molecule has 1 heterocycles. The number of halogens is 3. The highest BCUT2D eigenvalue weighted by atomic mass is 19.4. The lowest BCUT2D eigenvalue weighted by Gasteiger charge is -2.15. The van der Waals surface area contributed by atoms with Crippen LogP contribution in [0.3, 0.4) is 0 Å². The summed E-state index contributed by atoms with van der Waals surface area (Å²) in [5.41, 5.74) is 5.77. The molecule has 2 N–H and O–H groups in total. The van der Waals surface area contributed by atoms with E-state index in [4.69, 9.17) is 5.73 Å². The molecule has 0 saturated carbocycles. The Balaban J connectivity index is 2.72. The molecule has 0 amide bonds. The number of anilines is 1. The number of alkyl halides is 3. The van der Waals surface area contributed by atoms with Crippen LogP contribution >= 0.6 is 0 Å². The van der Waals surface area contributed by atoms with Crippen LogP contribution in [0, 0.1) is 6.92 Å². The Kier molecular flexibility index (Phi) is 3.65. The van der Waals surface area contributed by atoms with Gasteiger partial charge in [-0.1, -0.05) is 25.1 Å². The summed E-state index contributed by atoms with van der Waals surface area (Å²) in [5.74, 6) is 0.643. The van der Waals surface area contributed by atoms with Crippen LogP contribution in [0.2, 0.25) is 0 Å². The van der Waals surface area contributed by atoms with Crippen molar-refractivity contribution in [1.82, 2.24) is 9.97 Å². The molecule has 106 valence electrons. The summed E-state index contributed by atoms with van der Waals surface area (Å²) < 4.78 is 39.2. The van der Waals surface area contributed by atoms with Crippen LogP contribution in [0.1, 0.15) is 23.9 Å². The van der Waals surface area contributed by atoms with Gasteiger partial charge in [-0.05, 0) is 13.0 Å². The molecule has 0 radical (unpaired) electrons. The molecule has 2 rings (SSSR count). The molecule has 0 aliphatic carbocycles. The third-order valence-corrected chi connectivity index (χ3v) is 3.03. The fraction of sp³-hybridized carbons (Fsp3) is 0.286. The van der Waals surface area contributed by atoms with Crippen LogP contribution < -0.4 is 5.73 Å². The van der Waals surface area contributed by atoms with Crippen LogP contribution in [0.5, 0.6) is 0 Å². The fourth-order valence-corrected chi connectivity index (χ4v) is 1.94. The van der Waals surface area contributed by atoms with E-state index < -0.39 is 11.7 Å². The molecule has 1 aromatic heterocycles. The minimum atomic E-state index is -4.44.